The van der Waals surface area contributed by atoms with Crippen LogP contribution < -0.4 is 38.5 Å². The molecule has 0 radical (unpaired) electrons. The van der Waals surface area contributed by atoms with Gasteiger partial charge in [0.05, 0.1) is 0 Å². The van der Waals surface area contributed by atoms with Crippen molar-refractivity contribution in [2.24, 2.45) is 0 Å². The first-order chi connectivity index (χ1) is 26.3. The van der Waals surface area contributed by atoms with Crippen LogP contribution in [0, 0.1) is 0 Å². The van der Waals surface area contributed by atoms with Crippen LogP contribution in [-0.4, -0.2) is 33.3 Å². The minimum absolute atomic E-state index is 0.414. The normalized spacial score (nSPS) is 11.6. The third kappa shape index (κ3) is 7.73. The predicted molar refractivity (Wildman–Crippen MR) is 238 cm³/mol. The zero-order chi connectivity index (χ0) is 38.7. The lowest BCUT2D eigenvalue weighted by Crippen LogP contribution is -2.53. The highest BCUT2D eigenvalue weighted by molar-refractivity contribution is 6.97. The topological polar surface area (TPSA) is 36.9 Å². The lowest BCUT2D eigenvalue weighted by atomic mass is 10.3. The van der Waals surface area contributed by atoms with Crippen LogP contribution in [0.15, 0.2) is 232 Å². The Kier molecular flexibility index (Phi) is 12.6. The molecule has 0 aliphatic carbocycles. The zero-order valence-corrected chi connectivity index (χ0v) is 34.6. The van der Waals surface area contributed by atoms with Crippen LogP contribution in [0.4, 0.5) is 0 Å². The van der Waals surface area contributed by atoms with Gasteiger partial charge >= 0.3 is 33.3 Å². The summed E-state index contributed by atoms with van der Waals surface area (Å²) in [5, 5.41) is 3.84. The fourth-order valence-electron chi connectivity index (χ4n) is 6.21. The van der Waals surface area contributed by atoms with E-state index in [1.54, 1.807) is 0 Å². The van der Waals surface area contributed by atoms with Crippen LogP contribution in [-0.2, 0) is 0 Å². The second-order valence-electron chi connectivity index (χ2n) is 12.4. The smallest absolute Gasteiger partial charge is 0.331 e. The molecule has 0 spiro atoms. The first kappa shape index (κ1) is 39.3. The van der Waals surface area contributed by atoms with E-state index in [0.29, 0.717) is 23.0 Å². The summed E-state index contributed by atoms with van der Waals surface area (Å²) < 4.78 is 28.7. The molecule has 0 N–H and O–H groups in total. The average Bonchev–Trinajstić information content (AvgIpc) is 3.25. The Hall–Kier alpha value is -5.91. The second kappa shape index (κ2) is 17.3. The van der Waals surface area contributed by atoms with E-state index < -0.39 is 33.3 Å². The van der Waals surface area contributed by atoms with Gasteiger partial charge < -0.3 is 17.7 Å². The van der Waals surface area contributed by atoms with Gasteiger partial charge in [-0.1, -0.05) is 167 Å². The van der Waals surface area contributed by atoms with E-state index in [1.807, 2.05) is 179 Å². The van der Waals surface area contributed by atoms with Crippen LogP contribution in [0.3, 0.4) is 0 Å². The second-order valence-corrected chi connectivity index (χ2v) is 25.2. The molecule has 0 fully saturated rings. The van der Waals surface area contributed by atoms with E-state index in [9.17, 15) is 0 Å². The maximum atomic E-state index is 7.17. The molecule has 0 bridgehead atoms. The molecule has 0 aliphatic rings. The van der Waals surface area contributed by atoms with Gasteiger partial charge in [-0.25, -0.2) is 0 Å². The van der Waals surface area contributed by atoms with Gasteiger partial charge in [-0.05, 0) is 20.7 Å². The minimum atomic E-state index is -3.10. The van der Waals surface area contributed by atoms with Gasteiger partial charge in [-0.3, -0.25) is 0 Å². The molecule has 5 aromatic rings. The van der Waals surface area contributed by atoms with E-state index in [4.69, 9.17) is 17.7 Å². The van der Waals surface area contributed by atoms with Crippen molar-refractivity contribution in [3.05, 3.63) is 232 Å². The predicted octanol–water partition coefficient (Wildman–Crippen LogP) is 8.41. The van der Waals surface area contributed by atoms with Gasteiger partial charge in [0.1, 0.15) is 23.0 Å². The summed E-state index contributed by atoms with van der Waals surface area (Å²) >= 11 is 0. The van der Waals surface area contributed by atoms with Crippen molar-refractivity contribution in [2.75, 3.05) is 0 Å². The Morgan fingerprint density at radius 3 is 0.593 bits per heavy atom. The fraction of sp³-hybridized carbons (Fsp3) is 0. The van der Waals surface area contributed by atoms with Gasteiger partial charge in [0.25, 0.3) is 0 Å². The SMILES string of the molecule is C=C[Si](C=C)(Oc1cc(O[Si](C=C)(C=C)c2ccccc2)c(O[Si](C=C)(C=C)c2ccccc2)cc1O[Si](C=C)(C=C)c1ccccc1)c1ccccc1. The Balaban J connectivity index is 1.84. The summed E-state index contributed by atoms with van der Waals surface area (Å²) in [6.45, 7) is 33.9. The molecule has 0 atom stereocenters. The Bertz CT molecular complexity index is 1800. The molecule has 0 saturated heterocycles. The summed E-state index contributed by atoms with van der Waals surface area (Å²) in [5.74, 6) is 1.66. The number of hydrogen-bond acceptors (Lipinski definition) is 4. The van der Waals surface area contributed by atoms with Crippen LogP contribution >= 0.6 is 0 Å². The molecule has 0 heterocycles. The average molecular weight is 775 g/mol. The van der Waals surface area contributed by atoms with Gasteiger partial charge in [0.2, 0.25) is 0 Å². The molecular weight excluding hydrogens is 729 g/mol. The summed E-state index contributed by atoms with van der Waals surface area (Å²) in [4.78, 5) is 0. The highest BCUT2D eigenvalue weighted by Crippen LogP contribution is 2.44. The van der Waals surface area contributed by atoms with Crippen molar-refractivity contribution >= 4 is 54.0 Å². The molecule has 54 heavy (non-hydrogen) atoms. The van der Waals surface area contributed by atoms with Crippen LogP contribution in [0.25, 0.3) is 0 Å². The maximum absolute atomic E-state index is 7.17. The van der Waals surface area contributed by atoms with Gasteiger partial charge in [0.15, 0.2) is 0 Å². The van der Waals surface area contributed by atoms with Crippen molar-refractivity contribution in [2.45, 2.75) is 0 Å². The van der Waals surface area contributed by atoms with Crippen LogP contribution in [0.2, 0.25) is 0 Å². The van der Waals surface area contributed by atoms with E-state index in [0.717, 1.165) is 20.7 Å². The Morgan fingerprint density at radius 2 is 0.444 bits per heavy atom. The van der Waals surface area contributed by atoms with Crippen LogP contribution in [0.1, 0.15) is 0 Å². The standard InChI is InChI=1S/C46H46O4Si4/c1-9-51(10-2,39-29-21-17-22-30-39)47-43-37-45(49-53(13-5,14-6)41-33-25-19-26-34-41)46(50-54(15-7,16-8)42-35-27-20-28-36-42)38-44(43)48-52(11-3,12-4)40-31-23-18-24-32-40/h9-38H,1-8H2. The Labute approximate surface area is 324 Å². The highest BCUT2D eigenvalue weighted by atomic mass is 28.4. The fourth-order valence-corrected chi connectivity index (χ4v) is 14.8. The highest BCUT2D eigenvalue weighted by Gasteiger charge is 2.41. The molecule has 0 aromatic heterocycles. The van der Waals surface area contributed by atoms with Gasteiger partial charge in [0, 0.05) is 12.1 Å². The molecule has 0 saturated carbocycles. The van der Waals surface area contributed by atoms with E-state index in [-0.39, 0.29) is 0 Å². The number of benzene rings is 5. The van der Waals surface area contributed by atoms with Crippen molar-refractivity contribution in [1.82, 2.24) is 0 Å². The molecule has 270 valence electrons. The van der Waals surface area contributed by atoms with Crippen molar-refractivity contribution in [1.29, 1.82) is 0 Å². The van der Waals surface area contributed by atoms with Crippen molar-refractivity contribution in [3.63, 3.8) is 0 Å². The van der Waals surface area contributed by atoms with E-state index in [2.05, 4.69) is 52.6 Å². The maximum Gasteiger partial charge on any atom is 0.331 e. The first-order valence-electron chi connectivity index (χ1n) is 17.5. The number of rotatable bonds is 20. The molecule has 0 aliphatic heterocycles. The molecule has 8 heteroatoms. The molecule has 0 amide bonds. The van der Waals surface area contributed by atoms with E-state index >= 15 is 0 Å². The third-order valence-electron chi connectivity index (χ3n) is 9.45. The summed E-state index contributed by atoms with van der Waals surface area (Å²) in [6, 6.07) is 43.6. The number of hydrogen-bond donors (Lipinski definition) is 0. The van der Waals surface area contributed by atoms with Crippen molar-refractivity contribution in [3.8, 4) is 23.0 Å². The Morgan fingerprint density at radius 1 is 0.278 bits per heavy atom. The quantitative estimate of drug-likeness (QED) is 0.0745. The molecular formula is C46H46O4Si4. The summed E-state index contributed by atoms with van der Waals surface area (Å²) in [5.41, 5.74) is 14.8. The van der Waals surface area contributed by atoms with Gasteiger partial charge in [-0.15, -0.1) is 52.6 Å². The summed E-state index contributed by atoms with van der Waals surface area (Å²) in [6.07, 6.45) is 0. The monoisotopic (exact) mass is 774 g/mol. The molecule has 5 rings (SSSR count). The lowest BCUT2D eigenvalue weighted by Gasteiger charge is -2.34. The van der Waals surface area contributed by atoms with Crippen molar-refractivity contribution < 1.29 is 17.7 Å². The van der Waals surface area contributed by atoms with Gasteiger partial charge in [-0.2, -0.15) is 0 Å². The largest absolute Gasteiger partial charge is 0.529 e. The third-order valence-corrected chi connectivity index (χ3v) is 21.5. The lowest BCUT2D eigenvalue weighted by molar-refractivity contribution is 0.472. The molecule has 5 aromatic carbocycles. The first-order valence-corrected chi connectivity index (χ1v) is 25.8. The zero-order valence-electron chi connectivity index (χ0n) is 30.6. The molecule has 4 nitrogen and oxygen atoms in total. The van der Waals surface area contributed by atoms with Crippen LogP contribution in [0.5, 0.6) is 23.0 Å². The van der Waals surface area contributed by atoms with E-state index in [1.165, 1.54) is 0 Å². The minimum Gasteiger partial charge on any atom is -0.529 e. The molecule has 0 unspecified atom stereocenters. The summed E-state index contributed by atoms with van der Waals surface area (Å²) in [7, 11) is -12.4.